The van der Waals surface area contributed by atoms with Crippen LogP contribution in [0.3, 0.4) is 0 Å². The van der Waals surface area contributed by atoms with Crippen LogP contribution < -0.4 is 21.3 Å². The van der Waals surface area contributed by atoms with Crippen molar-refractivity contribution in [3.05, 3.63) is 0 Å². The average molecular weight is 1110 g/mol. The molecule has 0 aromatic heterocycles. The van der Waals surface area contributed by atoms with Crippen LogP contribution in [0.15, 0.2) is 0 Å². The van der Waals surface area contributed by atoms with E-state index in [0.29, 0.717) is 6.42 Å². The molecule has 0 aromatic rings. The van der Waals surface area contributed by atoms with Gasteiger partial charge in [0.05, 0.1) is 26.4 Å². The molecule has 4 fully saturated rings. The number of nitrogens with one attached hydrogen (secondary N) is 4. The van der Waals surface area contributed by atoms with Crippen molar-refractivity contribution in [1.82, 2.24) is 21.3 Å². The van der Waals surface area contributed by atoms with E-state index in [-0.39, 0.29) is 6.42 Å². The van der Waals surface area contributed by atoms with Crippen LogP contribution in [0.25, 0.3) is 0 Å². The fourth-order valence-corrected chi connectivity index (χ4v) is 9.94. The van der Waals surface area contributed by atoms with Gasteiger partial charge in [-0.2, -0.15) is 8.42 Å². The summed E-state index contributed by atoms with van der Waals surface area (Å²) in [6, 6.07) is -6.57. The van der Waals surface area contributed by atoms with Gasteiger partial charge in [-0.05, 0) is 6.42 Å². The highest BCUT2D eigenvalue weighted by Crippen LogP contribution is 2.35. The second-order valence-corrected chi connectivity index (χ2v) is 20.6. The zero-order chi connectivity index (χ0) is 55.6. The lowest BCUT2D eigenvalue weighted by Crippen LogP contribution is -2.71. The minimum atomic E-state index is -5.15. The van der Waals surface area contributed by atoms with Crippen LogP contribution in [0.2, 0.25) is 0 Å². The van der Waals surface area contributed by atoms with Gasteiger partial charge in [0.15, 0.2) is 25.2 Å². The van der Waals surface area contributed by atoms with E-state index < -0.39 is 183 Å². The Hall–Kier alpha value is -2.89. The van der Waals surface area contributed by atoms with Crippen molar-refractivity contribution in [2.24, 2.45) is 0 Å². The monoisotopic (exact) mass is 1110 g/mol. The average Bonchev–Trinajstić information content (AvgIpc) is 3.34. The van der Waals surface area contributed by atoms with Gasteiger partial charge in [-0.15, -0.1) is 0 Å². The van der Waals surface area contributed by atoms with Gasteiger partial charge in [0, 0.05) is 27.2 Å². The molecule has 20 atom stereocenters. The third-order valence-corrected chi connectivity index (χ3v) is 13.9. The number of aliphatic hydroxyl groups is 9. The van der Waals surface area contributed by atoms with E-state index in [1.165, 1.54) is 44.9 Å². The Balaban J connectivity index is 1.49. The smallest absolute Gasteiger partial charge is 0.394 e. The first kappa shape index (κ1) is 64.6. The molecular formula is C46H82N4O24S. The van der Waals surface area contributed by atoms with Gasteiger partial charge in [-0.25, -0.2) is 4.18 Å². The molecule has 4 heterocycles. The van der Waals surface area contributed by atoms with Crippen molar-refractivity contribution in [1.29, 1.82) is 0 Å². The van der Waals surface area contributed by atoms with Crippen LogP contribution >= 0.6 is 0 Å². The number of unbranched alkanes of at least 4 members (excludes halogenated alkanes) is 12. The number of ether oxygens (including phenoxy) is 7. The topological polar surface area (TPSA) is 427 Å². The lowest BCUT2D eigenvalue weighted by molar-refractivity contribution is -0.361. The van der Waals surface area contributed by atoms with Crippen molar-refractivity contribution in [2.75, 3.05) is 26.4 Å². The maximum atomic E-state index is 13.3. The second kappa shape index (κ2) is 31.6. The number of carbonyl (C=O) groups excluding carboxylic acids is 4. The Morgan fingerprint density at radius 3 is 1.23 bits per heavy atom. The van der Waals surface area contributed by atoms with Gasteiger partial charge in [0.25, 0.3) is 0 Å². The standard InChI is InChI=1S/C46H82N4O24S/c1-5-6-7-8-9-10-11-12-13-14-15-16-17-18-30(57)50-32-36(59)35(58)26(19-51)69-44(32)72-40-27(20-52)70-45(33(38(40)61)48-24(3)55)73-41-28(21-53)71-46(34(39(41)62)49-25(4)56)74-42-29(22-67-75(64,65)66)68-43(63)31(37(42)60)47-23(2)54/h26-29,31-46,51-53,58-63H,5-22H2,1-4H3,(H,47,54)(H,48,55)(H,49,56)(H,50,57)(H,64,65,66)/t26-,27-,28-,29-,31-,32?,33-,34-,35-,36-,37?,38?,39-,40-,41-,42-,43-,44+,45+,46+/m1/s1. The number of carbonyl (C=O) groups is 4. The normalized spacial score (nSPS) is 36.3. The molecule has 3 unspecified atom stereocenters. The Labute approximate surface area is 436 Å². The van der Waals surface area contributed by atoms with E-state index in [9.17, 15) is 78.1 Å². The minimum Gasteiger partial charge on any atom is -0.394 e. The summed E-state index contributed by atoms with van der Waals surface area (Å²) in [6.07, 6.45) is -14.6. The van der Waals surface area contributed by atoms with Crippen molar-refractivity contribution >= 4 is 34.0 Å². The molecule has 29 heteroatoms. The summed E-state index contributed by atoms with van der Waals surface area (Å²) in [5.41, 5.74) is 0. The van der Waals surface area contributed by atoms with E-state index in [2.05, 4.69) is 32.4 Å². The van der Waals surface area contributed by atoms with Crippen LogP contribution in [0, 0.1) is 0 Å². The molecule has 0 aromatic carbocycles. The molecule has 0 bridgehead atoms. The quantitative estimate of drug-likeness (QED) is 0.0242. The van der Waals surface area contributed by atoms with Crippen molar-refractivity contribution < 1.29 is 115 Å². The molecular weight excluding hydrogens is 1020 g/mol. The third kappa shape index (κ3) is 19.5. The van der Waals surface area contributed by atoms with E-state index >= 15 is 0 Å². The van der Waals surface area contributed by atoms with E-state index in [4.69, 9.17) is 33.2 Å². The molecule has 0 aliphatic carbocycles. The summed E-state index contributed by atoms with van der Waals surface area (Å²) in [7, 11) is -5.15. The van der Waals surface area contributed by atoms with Gasteiger partial charge in [-0.3, -0.25) is 23.7 Å². The summed E-state index contributed by atoms with van der Waals surface area (Å²) in [5, 5.41) is 109. The van der Waals surface area contributed by atoms with Crippen LogP contribution in [-0.2, 0) is 66.9 Å². The van der Waals surface area contributed by atoms with Crippen molar-refractivity contribution in [2.45, 2.75) is 240 Å². The number of aliphatic hydroxyl groups excluding tert-OH is 9. The molecule has 4 amide bonds. The Morgan fingerprint density at radius 2 is 0.827 bits per heavy atom. The fourth-order valence-electron chi connectivity index (χ4n) is 9.64. The molecule has 28 nitrogen and oxygen atoms in total. The van der Waals surface area contributed by atoms with Crippen LogP contribution in [0.4, 0.5) is 0 Å². The first-order valence-corrected chi connectivity index (χ1v) is 27.1. The van der Waals surface area contributed by atoms with Crippen LogP contribution in [0.1, 0.15) is 118 Å². The van der Waals surface area contributed by atoms with E-state index in [1.54, 1.807) is 0 Å². The van der Waals surface area contributed by atoms with Crippen LogP contribution in [-0.4, -0.2) is 232 Å². The van der Waals surface area contributed by atoms with Gasteiger partial charge in [-0.1, -0.05) is 84.0 Å². The molecule has 436 valence electrons. The lowest BCUT2D eigenvalue weighted by atomic mass is 9.93. The number of rotatable bonds is 30. The molecule has 0 radical (unpaired) electrons. The molecule has 4 aliphatic rings. The number of hydrogen-bond donors (Lipinski definition) is 14. The molecule has 4 saturated heterocycles. The van der Waals surface area contributed by atoms with Gasteiger partial charge >= 0.3 is 10.4 Å². The number of hydrogen-bond acceptors (Lipinski definition) is 23. The molecule has 14 N–H and O–H groups in total. The lowest BCUT2D eigenvalue weighted by Gasteiger charge is -2.51. The first-order valence-electron chi connectivity index (χ1n) is 25.8. The summed E-state index contributed by atoms with van der Waals surface area (Å²) in [5.74, 6) is -2.90. The third-order valence-electron chi connectivity index (χ3n) is 13.5. The van der Waals surface area contributed by atoms with Crippen LogP contribution in [0.5, 0.6) is 0 Å². The number of amides is 4. The second-order valence-electron chi connectivity index (χ2n) is 19.5. The SMILES string of the molecule is CCCCCCCCCCCCCCCC(=O)NC1[C@H](O[C@H]2C(O)[C@@H](NC(C)=O)[C@H](O[C@H]3[C@H](O)[C@@H](NC(C)=O)[C@H](O[C@H]4C(O)[C@@H](NC(C)=O)[C@H](O)O[C@@H]4COS(=O)(=O)O)O[C@@H]3CO)O[C@@H]2CO)O[C@H](CO)[C@@H](O)[C@@H]1O. The van der Waals surface area contributed by atoms with Crippen molar-refractivity contribution in [3.63, 3.8) is 0 Å². The first-order chi connectivity index (χ1) is 35.5. The molecule has 4 rings (SSSR count). The minimum absolute atomic E-state index is 0.0409. The summed E-state index contributed by atoms with van der Waals surface area (Å²) in [4.78, 5) is 50.5. The predicted octanol–water partition coefficient (Wildman–Crippen LogP) is -3.89. The Morgan fingerprint density at radius 1 is 0.467 bits per heavy atom. The molecule has 4 aliphatic heterocycles. The molecule has 75 heavy (non-hydrogen) atoms. The van der Waals surface area contributed by atoms with Gasteiger partial charge in [0.2, 0.25) is 23.6 Å². The van der Waals surface area contributed by atoms with E-state index in [1.807, 2.05) is 0 Å². The Bertz CT molecular complexity index is 1860. The highest BCUT2D eigenvalue weighted by atomic mass is 32.3. The molecule has 0 spiro atoms. The zero-order valence-corrected chi connectivity index (χ0v) is 43.7. The maximum Gasteiger partial charge on any atom is 0.397 e. The maximum absolute atomic E-state index is 13.3. The summed E-state index contributed by atoms with van der Waals surface area (Å²) < 4.78 is 77.9. The predicted molar refractivity (Wildman–Crippen MR) is 255 cm³/mol. The van der Waals surface area contributed by atoms with Gasteiger partial charge < -0.3 is 100 Å². The summed E-state index contributed by atoms with van der Waals surface area (Å²) >= 11 is 0. The van der Waals surface area contributed by atoms with E-state index in [0.717, 1.165) is 52.9 Å². The van der Waals surface area contributed by atoms with Crippen molar-refractivity contribution in [3.8, 4) is 0 Å². The highest BCUT2D eigenvalue weighted by Gasteiger charge is 2.56. The highest BCUT2D eigenvalue weighted by molar-refractivity contribution is 7.80. The Kier molecular flexibility index (Phi) is 27.3. The molecule has 0 saturated carbocycles. The largest absolute Gasteiger partial charge is 0.397 e. The van der Waals surface area contributed by atoms with Gasteiger partial charge in [0.1, 0.15) is 97.4 Å². The summed E-state index contributed by atoms with van der Waals surface area (Å²) in [6.45, 7) is 1.43. The zero-order valence-electron chi connectivity index (χ0n) is 42.9. The fraction of sp³-hybridized carbons (Fsp3) is 0.913.